The second-order valence-corrected chi connectivity index (χ2v) is 7.26. The maximum absolute atomic E-state index is 12.3. The van der Waals surface area contributed by atoms with Gasteiger partial charge in [-0.25, -0.2) is 8.42 Å². The summed E-state index contributed by atoms with van der Waals surface area (Å²) in [4.78, 5) is 25.2. The van der Waals surface area contributed by atoms with Crippen LogP contribution in [0.2, 0.25) is 0 Å². The Morgan fingerprint density at radius 3 is 2.41 bits per heavy atom. The largest absolute Gasteiger partial charge is 0.481 e. The average Bonchev–Trinajstić information content (AvgIpc) is 2.66. The van der Waals surface area contributed by atoms with E-state index in [9.17, 15) is 18.0 Å². The Morgan fingerprint density at radius 1 is 1.15 bits per heavy atom. The number of sulfonamides is 1. The molecule has 140 valence electrons. The molecule has 9 heteroatoms. The monoisotopic (exact) mass is 387 g/mol. The SMILES string of the molecule is CC(=O)c1cccc(S(=O)(=O)NNC(=O)[C@@H](C)Oc2ccc(C#N)cc2)c1. The van der Waals surface area contributed by atoms with Crippen molar-refractivity contribution in [3.63, 3.8) is 0 Å². The fraction of sp³-hybridized carbons (Fsp3) is 0.167. The number of amides is 1. The van der Waals surface area contributed by atoms with Crippen molar-refractivity contribution >= 4 is 21.7 Å². The number of nitrogens with zero attached hydrogens (tertiary/aromatic N) is 1. The number of hydrazine groups is 1. The highest BCUT2D eigenvalue weighted by atomic mass is 32.2. The predicted octanol–water partition coefficient (Wildman–Crippen LogP) is 1.54. The first-order valence-electron chi connectivity index (χ1n) is 7.82. The highest BCUT2D eigenvalue weighted by Gasteiger charge is 2.20. The fourth-order valence-corrected chi connectivity index (χ4v) is 2.92. The number of nitriles is 1. The molecule has 2 aromatic carbocycles. The molecular formula is C18H17N3O5S. The van der Waals surface area contributed by atoms with Crippen LogP contribution in [0.25, 0.3) is 0 Å². The third kappa shape index (κ3) is 5.37. The molecule has 0 radical (unpaired) electrons. The van der Waals surface area contributed by atoms with Crippen molar-refractivity contribution in [1.29, 1.82) is 5.26 Å². The molecule has 2 rings (SSSR count). The highest BCUT2D eigenvalue weighted by molar-refractivity contribution is 7.89. The van der Waals surface area contributed by atoms with E-state index in [-0.39, 0.29) is 16.2 Å². The van der Waals surface area contributed by atoms with E-state index in [0.29, 0.717) is 11.3 Å². The third-order valence-corrected chi connectivity index (χ3v) is 4.77. The van der Waals surface area contributed by atoms with Crippen molar-refractivity contribution in [3.05, 3.63) is 59.7 Å². The summed E-state index contributed by atoms with van der Waals surface area (Å²) >= 11 is 0. The number of Topliss-reactive ketones (excluding diaryl/α,β-unsaturated/α-hetero) is 1. The summed E-state index contributed by atoms with van der Waals surface area (Å²) in [5, 5.41) is 8.75. The van der Waals surface area contributed by atoms with Gasteiger partial charge in [0.25, 0.3) is 15.9 Å². The molecule has 0 bridgehead atoms. The number of ketones is 1. The fourth-order valence-electron chi connectivity index (χ4n) is 2.03. The molecule has 0 aliphatic rings. The molecule has 2 aromatic rings. The first-order chi connectivity index (χ1) is 12.7. The van der Waals surface area contributed by atoms with Crippen LogP contribution in [-0.2, 0) is 14.8 Å². The van der Waals surface area contributed by atoms with Crippen molar-refractivity contribution in [2.24, 2.45) is 0 Å². The van der Waals surface area contributed by atoms with E-state index in [1.807, 2.05) is 10.9 Å². The van der Waals surface area contributed by atoms with E-state index in [1.54, 1.807) is 0 Å². The molecule has 0 unspecified atom stereocenters. The van der Waals surface area contributed by atoms with Crippen molar-refractivity contribution in [2.75, 3.05) is 0 Å². The van der Waals surface area contributed by atoms with Crippen LogP contribution < -0.4 is 15.0 Å². The zero-order chi connectivity index (χ0) is 20.0. The lowest BCUT2D eigenvalue weighted by Crippen LogP contribution is -2.47. The maximum Gasteiger partial charge on any atom is 0.275 e. The Bertz CT molecular complexity index is 994. The predicted molar refractivity (Wildman–Crippen MR) is 96.2 cm³/mol. The van der Waals surface area contributed by atoms with E-state index >= 15 is 0 Å². The van der Waals surface area contributed by atoms with E-state index in [0.717, 1.165) is 0 Å². The van der Waals surface area contributed by atoms with Crippen LogP contribution >= 0.6 is 0 Å². The minimum atomic E-state index is -4.05. The van der Waals surface area contributed by atoms with Crippen LogP contribution in [0.5, 0.6) is 5.75 Å². The number of hydrogen-bond donors (Lipinski definition) is 2. The van der Waals surface area contributed by atoms with Gasteiger partial charge in [-0.15, -0.1) is 4.83 Å². The molecule has 2 N–H and O–H groups in total. The highest BCUT2D eigenvalue weighted by Crippen LogP contribution is 2.14. The zero-order valence-electron chi connectivity index (χ0n) is 14.6. The van der Waals surface area contributed by atoms with Crippen molar-refractivity contribution in [3.8, 4) is 11.8 Å². The Balaban J connectivity index is 1.99. The number of rotatable bonds is 7. The summed E-state index contributed by atoms with van der Waals surface area (Å²) in [6.45, 7) is 2.77. The van der Waals surface area contributed by atoms with Crippen LogP contribution in [0.3, 0.4) is 0 Å². The van der Waals surface area contributed by atoms with Gasteiger partial charge in [-0.05, 0) is 50.2 Å². The number of nitrogens with one attached hydrogen (secondary N) is 2. The summed E-state index contributed by atoms with van der Waals surface area (Å²) in [6, 6.07) is 13.5. The maximum atomic E-state index is 12.3. The molecular weight excluding hydrogens is 370 g/mol. The molecule has 0 saturated carbocycles. The van der Waals surface area contributed by atoms with Crippen molar-refractivity contribution in [2.45, 2.75) is 24.8 Å². The van der Waals surface area contributed by atoms with Gasteiger partial charge in [0.2, 0.25) is 0 Å². The number of carbonyl (C=O) groups is 2. The van der Waals surface area contributed by atoms with Gasteiger partial charge < -0.3 is 4.74 Å². The minimum absolute atomic E-state index is 0.156. The van der Waals surface area contributed by atoms with E-state index < -0.39 is 22.0 Å². The number of benzene rings is 2. The zero-order valence-corrected chi connectivity index (χ0v) is 15.4. The molecule has 1 atom stereocenters. The lowest BCUT2D eigenvalue weighted by atomic mass is 10.2. The lowest BCUT2D eigenvalue weighted by Gasteiger charge is -2.15. The smallest absolute Gasteiger partial charge is 0.275 e. The van der Waals surface area contributed by atoms with Crippen LogP contribution in [0.1, 0.15) is 29.8 Å². The second-order valence-electron chi connectivity index (χ2n) is 5.58. The summed E-state index contributed by atoms with van der Waals surface area (Å²) in [5.41, 5.74) is 2.76. The van der Waals surface area contributed by atoms with Gasteiger partial charge >= 0.3 is 0 Å². The van der Waals surface area contributed by atoms with Crippen LogP contribution in [-0.4, -0.2) is 26.2 Å². The quantitative estimate of drug-likeness (QED) is 0.548. The summed E-state index contributed by atoms with van der Waals surface area (Å²) in [5.74, 6) is -0.639. The van der Waals surface area contributed by atoms with E-state index in [4.69, 9.17) is 10.00 Å². The number of ether oxygens (including phenoxy) is 1. The summed E-state index contributed by atoms with van der Waals surface area (Å²) in [7, 11) is -4.05. The van der Waals surface area contributed by atoms with Gasteiger partial charge in [-0.3, -0.25) is 15.0 Å². The van der Waals surface area contributed by atoms with Gasteiger partial charge in [0.15, 0.2) is 11.9 Å². The molecule has 27 heavy (non-hydrogen) atoms. The van der Waals surface area contributed by atoms with Crippen LogP contribution in [0.15, 0.2) is 53.4 Å². The normalized spacial score (nSPS) is 11.9. The Kier molecular flexibility index (Phi) is 6.28. The number of hydrogen-bond acceptors (Lipinski definition) is 6. The minimum Gasteiger partial charge on any atom is -0.481 e. The lowest BCUT2D eigenvalue weighted by molar-refractivity contribution is -0.127. The van der Waals surface area contributed by atoms with E-state index in [1.165, 1.54) is 62.4 Å². The standard InChI is InChI=1S/C18H17N3O5S/c1-12(22)15-4-3-5-17(10-15)27(24,25)21-20-18(23)13(2)26-16-8-6-14(11-19)7-9-16/h3-10,13,21H,1-2H3,(H,20,23)/t13-/m1/s1. The molecule has 0 spiro atoms. The van der Waals surface area contributed by atoms with Gasteiger partial charge in [0, 0.05) is 5.56 Å². The molecule has 0 aliphatic heterocycles. The molecule has 0 heterocycles. The second kappa shape index (κ2) is 8.44. The molecule has 0 aromatic heterocycles. The Morgan fingerprint density at radius 2 is 1.81 bits per heavy atom. The van der Waals surface area contributed by atoms with Crippen molar-refractivity contribution < 1.29 is 22.7 Å². The Hall–Kier alpha value is -3.22. The van der Waals surface area contributed by atoms with Gasteiger partial charge in [-0.2, -0.15) is 5.26 Å². The Labute approximate surface area is 156 Å². The molecule has 1 amide bonds. The van der Waals surface area contributed by atoms with Gasteiger partial charge in [0.05, 0.1) is 16.5 Å². The van der Waals surface area contributed by atoms with Gasteiger partial charge in [0.1, 0.15) is 5.75 Å². The number of carbonyl (C=O) groups excluding carboxylic acids is 2. The first kappa shape index (κ1) is 20.1. The molecule has 0 fully saturated rings. The van der Waals surface area contributed by atoms with Crippen LogP contribution in [0, 0.1) is 11.3 Å². The summed E-state index contributed by atoms with van der Waals surface area (Å²) < 4.78 is 29.9. The average molecular weight is 387 g/mol. The van der Waals surface area contributed by atoms with Gasteiger partial charge in [-0.1, -0.05) is 12.1 Å². The van der Waals surface area contributed by atoms with Crippen LogP contribution in [0.4, 0.5) is 0 Å². The molecule has 8 nitrogen and oxygen atoms in total. The molecule has 0 aliphatic carbocycles. The van der Waals surface area contributed by atoms with Crippen molar-refractivity contribution in [1.82, 2.24) is 10.3 Å². The molecule has 0 saturated heterocycles. The summed E-state index contributed by atoms with van der Waals surface area (Å²) in [6.07, 6.45) is -0.996. The van der Waals surface area contributed by atoms with E-state index in [2.05, 4.69) is 5.43 Å². The topological polar surface area (TPSA) is 125 Å². The third-order valence-electron chi connectivity index (χ3n) is 3.52. The first-order valence-corrected chi connectivity index (χ1v) is 9.31.